The van der Waals surface area contributed by atoms with Gasteiger partial charge in [-0.15, -0.1) is 0 Å². The summed E-state index contributed by atoms with van der Waals surface area (Å²) in [7, 11) is 0. The molecule has 9 heteroatoms. The number of pyridine rings is 1. The van der Waals surface area contributed by atoms with Gasteiger partial charge in [0.15, 0.2) is 0 Å². The standard InChI is InChI=1S/C21H15ClF2N4O2/c22-16-5-2-14(3-6-16)1-4-15-11-26-8-7-18(15)20(30)27-12-19(29)28-13-21(23,24)9-17(28)10-25/h2-3,5-8,11,17H,9,12-13H2,(H,27,30)/t17-/m0/s1. The fourth-order valence-electron chi connectivity index (χ4n) is 2.91. The Morgan fingerprint density at radius 2 is 2.00 bits per heavy atom. The lowest BCUT2D eigenvalue weighted by Gasteiger charge is -2.19. The molecule has 0 aliphatic carbocycles. The van der Waals surface area contributed by atoms with Gasteiger partial charge in [-0.2, -0.15) is 5.26 Å². The number of carbonyl (C=O) groups is 2. The van der Waals surface area contributed by atoms with Crippen molar-refractivity contribution in [2.75, 3.05) is 13.1 Å². The van der Waals surface area contributed by atoms with Gasteiger partial charge in [0.25, 0.3) is 11.8 Å². The van der Waals surface area contributed by atoms with Crippen molar-refractivity contribution in [2.24, 2.45) is 0 Å². The van der Waals surface area contributed by atoms with Crippen LogP contribution in [0.25, 0.3) is 0 Å². The maximum atomic E-state index is 13.5. The third-order valence-corrected chi connectivity index (χ3v) is 4.64. The SMILES string of the molecule is N#C[C@@H]1CC(F)(F)CN1C(=O)CNC(=O)c1ccncc1C#Cc1ccc(Cl)cc1. The fraction of sp³-hybridized carbons (Fsp3) is 0.238. The first-order valence-electron chi connectivity index (χ1n) is 8.86. The second-order valence-corrected chi connectivity index (χ2v) is 7.02. The van der Waals surface area contributed by atoms with Crippen molar-refractivity contribution >= 4 is 23.4 Å². The first-order chi connectivity index (χ1) is 14.3. The molecule has 1 aliphatic rings. The Kier molecular flexibility index (Phi) is 6.29. The molecule has 152 valence electrons. The maximum Gasteiger partial charge on any atom is 0.268 e. The molecule has 1 N–H and O–H groups in total. The number of rotatable bonds is 3. The highest BCUT2D eigenvalue weighted by atomic mass is 35.5. The van der Waals surface area contributed by atoms with Crippen LogP contribution in [0, 0.1) is 23.2 Å². The molecule has 0 radical (unpaired) electrons. The minimum atomic E-state index is -3.12. The summed E-state index contributed by atoms with van der Waals surface area (Å²) in [4.78, 5) is 29.5. The van der Waals surface area contributed by atoms with Crippen molar-refractivity contribution in [1.29, 1.82) is 5.26 Å². The second kappa shape index (κ2) is 8.89. The lowest BCUT2D eigenvalue weighted by Crippen LogP contribution is -2.43. The molecular weight excluding hydrogens is 414 g/mol. The predicted molar refractivity (Wildman–Crippen MR) is 105 cm³/mol. The van der Waals surface area contributed by atoms with Gasteiger partial charge in [-0.05, 0) is 30.3 Å². The van der Waals surface area contributed by atoms with E-state index in [0.29, 0.717) is 16.1 Å². The van der Waals surface area contributed by atoms with Crippen molar-refractivity contribution in [3.05, 3.63) is 64.4 Å². The predicted octanol–water partition coefficient (Wildman–Crippen LogP) is 2.62. The highest BCUT2D eigenvalue weighted by Crippen LogP contribution is 2.31. The summed E-state index contributed by atoms with van der Waals surface area (Å²) >= 11 is 5.84. The smallest absolute Gasteiger partial charge is 0.268 e. The van der Waals surface area contributed by atoms with Crippen LogP contribution >= 0.6 is 11.6 Å². The number of nitriles is 1. The Hall–Kier alpha value is -3.49. The molecule has 1 atom stereocenters. The molecular formula is C21H15ClF2N4O2. The van der Waals surface area contributed by atoms with Crippen LogP contribution in [0.4, 0.5) is 8.78 Å². The normalized spacial score (nSPS) is 16.9. The Labute approximate surface area is 176 Å². The van der Waals surface area contributed by atoms with E-state index in [4.69, 9.17) is 16.9 Å². The summed E-state index contributed by atoms with van der Waals surface area (Å²) in [6.45, 7) is -1.35. The summed E-state index contributed by atoms with van der Waals surface area (Å²) in [5.41, 5.74) is 1.20. The summed E-state index contributed by atoms with van der Waals surface area (Å²) in [5.74, 6) is 1.26. The quantitative estimate of drug-likeness (QED) is 0.761. The van der Waals surface area contributed by atoms with Crippen molar-refractivity contribution in [2.45, 2.75) is 18.4 Å². The highest BCUT2D eigenvalue weighted by molar-refractivity contribution is 6.30. The minimum Gasteiger partial charge on any atom is -0.343 e. The van der Waals surface area contributed by atoms with Crippen LogP contribution in [0.3, 0.4) is 0 Å². The molecule has 2 aromatic rings. The molecule has 0 saturated carbocycles. The molecule has 1 fully saturated rings. The van der Waals surface area contributed by atoms with Crippen molar-refractivity contribution < 1.29 is 18.4 Å². The van der Waals surface area contributed by atoms with Gasteiger partial charge in [0.05, 0.1) is 30.3 Å². The van der Waals surface area contributed by atoms with Gasteiger partial charge in [-0.3, -0.25) is 14.6 Å². The van der Waals surface area contributed by atoms with E-state index in [1.54, 1.807) is 30.3 Å². The van der Waals surface area contributed by atoms with Gasteiger partial charge < -0.3 is 10.2 Å². The summed E-state index contributed by atoms with van der Waals surface area (Å²) in [6.07, 6.45) is 2.10. The van der Waals surface area contributed by atoms with Crippen LogP contribution in [0.1, 0.15) is 27.9 Å². The van der Waals surface area contributed by atoms with Gasteiger partial charge in [-0.1, -0.05) is 23.4 Å². The van der Waals surface area contributed by atoms with Crippen molar-refractivity contribution in [3.8, 4) is 17.9 Å². The molecule has 0 bridgehead atoms. The first kappa shape index (κ1) is 21.2. The minimum absolute atomic E-state index is 0.183. The number of benzene rings is 1. The topological polar surface area (TPSA) is 86.1 Å². The molecule has 6 nitrogen and oxygen atoms in total. The van der Waals surface area contributed by atoms with Crippen LogP contribution in [-0.4, -0.2) is 46.8 Å². The van der Waals surface area contributed by atoms with Gasteiger partial charge in [-0.25, -0.2) is 8.78 Å². The third kappa shape index (κ3) is 5.11. The third-order valence-electron chi connectivity index (χ3n) is 4.39. The Balaban J connectivity index is 1.69. The van der Waals surface area contributed by atoms with Crippen LogP contribution in [0.5, 0.6) is 0 Å². The molecule has 0 unspecified atom stereocenters. The van der Waals surface area contributed by atoms with Crippen LogP contribution < -0.4 is 5.32 Å². The Morgan fingerprint density at radius 1 is 1.27 bits per heavy atom. The number of halogens is 3. The monoisotopic (exact) mass is 428 g/mol. The van der Waals surface area contributed by atoms with Gasteiger partial charge in [0.2, 0.25) is 5.91 Å². The molecule has 1 aliphatic heterocycles. The number of nitrogens with zero attached hydrogens (tertiary/aromatic N) is 3. The molecule has 2 heterocycles. The summed E-state index contributed by atoms with van der Waals surface area (Å²) < 4.78 is 27.0. The van der Waals surface area contributed by atoms with E-state index < -0.39 is 43.3 Å². The number of hydrogen-bond acceptors (Lipinski definition) is 4. The lowest BCUT2D eigenvalue weighted by molar-refractivity contribution is -0.131. The van der Waals surface area contributed by atoms with Gasteiger partial charge in [0, 0.05) is 29.4 Å². The zero-order valence-corrected chi connectivity index (χ0v) is 16.3. The van der Waals surface area contributed by atoms with E-state index in [1.807, 2.05) is 0 Å². The number of nitrogens with one attached hydrogen (secondary N) is 1. The van der Waals surface area contributed by atoms with E-state index in [0.717, 1.165) is 4.90 Å². The number of hydrogen-bond donors (Lipinski definition) is 1. The largest absolute Gasteiger partial charge is 0.343 e. The molecule has 3 rings (SSSR count). The van der Waals surface area contributed by atoms with E-state index in [2.05, 4.69) is 22.1 Å². The Bertz CT molecular complexity index is 1070. The van der Waals surface area contributed by atoms with Crippen molar-refractivity contribution in [3.63, 3.8) is 0 Å². The highest BCUT2D eigenvalue weighted by Gasteiger charge is 2.47. The number of aromatic nitrogens is 1. The maximum absolute atomic E-state index is 13.5. The van der Waals surface area contributed by atoms with E-state index in [9.17, 15) is 18.4 Å². The first-order valence-corrected chi connectivity index (χ1v) is 9.23. The average molecular weight is 429 g/mol. The zero-order chi connectivity index (χ0) is 21.7. The van der Waals surface area contributed by atoms with Crippen LogP contribution in [0.15, 0.2) is 42.7 Å². The molecule has 2 amide bonds. The number of amides is 2. The lowest BCUT2D eigenvalue weighted by atomic mass is 10.1. The summed E-state index contributed by atoms with van der Waals surface area (Å²) in [6, 6.07) is 8.73. The fourth-order valence-corrected chi connectivity index (χ4v) is 3.04. The van der Waals surface area contributed by atoms with Crippen molar-refractivity contribution in [1.82, 2.24) is 15.2 Å². The van der Waals surface area contributed by atoms with E-state index >= 15 is 0 Å². The van der Waals surface area contributed by atoms with E-state index in [-0.39, 0.29) is 5.56 Å². The molecule has 0 spiro atoms. The average Bonchev–Trinajstić information content (AvgIpc) is 3.06. The molecule has 1 aromatic heterocycles. The molecule has 1 aromatic carbocycles. The molecule has 30 heavy (non-hydrogen) atoms. The zero-order valence-electron chi connectivity index (χ0n) is 15.5. The summed E-state index contributed by atoms with van der Waals surface area (Å²) in [5, 5.41) is 12.0. The Morgan fingerprint density at radius 3 is 2.70 bits per heavy atom. The number of alkyl halides is 2. The second-order valence-electron chi connectivity index (χ2n) is 6.59. The van der Waals surface area contributed by atoms with Gasteiger partial charge >= 0.3 is 0 Å². The van der Waals surface area contributed by atoms with Crippen LogP contribution in [0.2, 0.25) is 5.02 Å². The van der Waals surface area contributed by atoms with Gasteiger partial charge in [0.1, 0.15) is 6.04 Å². The molecule has 1 saturated heterocycles. The number of likely N-dealkylation sites (tertiary alicyclic amines) is 1. The van der Waals surface area contributed by atoms with E-state index in [1.165, 1.54) is 18.5 Å². The number of carbonyl (C=O) groups excluding carboxylic acids is 2. The van der Waals surface area contributed by atoms with Crippen LogP contribution in [-0.2, 0) is 4.79 Å².